The average molecular weight is 324 g/mol. The molecule has 2 N–H and O–H groups in total. The summed E-state index contributed by atoms with van der Waals surface area (Å²) in [4.78, 5) is 13.0. The molecule has 0 saturated carbocycles. The van der Waals surface area contributed by atoms with Gasteiger partial charge in [-0.05, 0) is 35.7 Å². The molecule has 2 aromatic carbocycles. The predicted molar refractivity (Wildman–Crippen MR) is 93.1 cm³/mol. The Kier molecular flexibility index (Phi) is 4.91. The van der Waals surface area contributed by atoms with Gasteiger partial charge in [0.15, 0.2) is 0 Å². The number of hydrogen-bond acceptors (Lipinski definition) is 3. The molecule has 116 valence electrons. The molecule has 0 radical (unpaired) electrons. The SMILES string of the molecule is O=C(NCc1cccs1)Nc1cccc(Oc2ccccc2)c1. The lowest BCUT2D eigenvalue weighted by Crippen LogP contribution is -2.27. The van der Waals surface area contributed by atoms with Gasteiger partial charge in [-0.2, -0.15) is 0 Å². The highest BCUT2D eigenvalue weighted by Gasteiger charge is 2.04. The maximum atomic E-state index is 11.9. The number of amides is 2. The third kappa shape index (κ3) is 4.59. The van der Waals surface area contributed by atoms with E-state index >= 15 is 0 Å². The molecule has 0 spiro atoms. The molecule has 0 bridgehead atoms. The van der Waals surface area contributed by atoms with Gasteiger partial charge in [0.25, 0.3) is 0 Å². The third-order valence-corrected chi connectivity index (χ3v) is 3.95. The fourth-order valence-electron chi connectivity index (χ4n) is 2.02. The molecule has 23 heavy (non-hydrogen) atoms. The minimum atomic E-state index is -0.240. The van der Waals surface area contributed by atoms with Crippen molar-refractivity contribution in [3.63, 3.8) is 0 Å². The Labute approximate surface area is 138 Å². The largest absolute Gasteiger partial charge is 0.457 e. The van der Waals surface area contributed by atoms with Crippen LogP contribution in [0, 0.1) is 0 Å². The normalized spacial score (nSPS) is 10.1. The highest BCUT2D eigenvalue weighted by Crippen LogP contribution is 2.23. The van der Waals surface area contributed by atoms with Crippen LogP contribution in [-0.4, -0.2) is 6.03 Å². The molecule has 4 nitrogen and oxygen atoms in total. The first-order valence-corrected chi connectivity index (χ1v) is 8.08. The van der Waals surface area contributed by atoms with Gasteiger partial charge in [0, 0.05) is 16.6 Å². The lowest BCUT2D eigenvalue weighted by molar-refractivity contribution is 0.252. The van der Waals surface area contributed by atoms with Crippen LogP contribution in [0.15, 0.2) is 72.1 Å². The summed E-state index contributed by atoms with van der Waals surface area (Å²) in [7, 11) is 0. The first kappa shape index (κ1) is 15.1. The molecule has 3 aromatic rings. The molecule has 2 amide bonds. The van der Waals surface area contributed by atoms with Crippen molar-refractivity contribution in [1.29, 1.82) is 0 Å². The van der Waals surface area contributed by atoms with Gasteiger partial charge in [0.05, 0.1) is 6.54 Å². The molecule has 0 unspecified atom stereocenters. The number of carbonyl (C=O) groups is 1. The van der Waals surface area contributed by atoms with Crippen molar-refractivity contribution in [3.05, 3.63) is 77.0 Å². The topological polar surface area (TPSA) is 50.4 Å². The van der Waals surface area contributed by atoms with Gasteiger partial charge in [0.2, 0.25) is 0 Å². The second kappa shape index (κ2) is 7.47. The minimum Gasteiger partial charge on any atom is -0.457 e. The molecule has 1 heterocycles. The zero-order valence-corrected chi connectivity index (χ0v) is 13.2. The summed E-state index contributed by atoms with van der Waals surface area (Å²) in [5, 5.41) is 7.61. The predicted octanol–water partition coefficient (Wildman–Crippen LogP) is 4.86. The molecular weight excluding hydrogens is 308 g/mol. The van der Waals surface area contributed by atoms with Crippen molar-refractivity contribution < 1.29 is 9.53 Å². The fraction of sp³-hybridized carbons (Fsp3) is 0.0556. The second-order valence-electron chi connectivity index (χ2n) is 4.83. The number of benzene rings is 2. The van der Waals surface area contributed by atoms with Crippen LogP contribution in [-0.2, 0) is 6.54 Å². The van der Waals surface area contributed by atoms with E-state index in [9.17, 15) is 4.79 Å². The Morgan fingerprint density at radius 1 is 0.957 bits per heavy atom. The molecule has 3 rings (SSSR count). The summed E-state index contributed by atoms with van der Waals surface area (Å²) in [6.45, 7) is 0.518. The maximum absolute atomic E-state index is 11.9. The zero-order chi connectivity index (χ0) is 15.9. The zero-order valence-electron chi connectivity index (χ0n) is 12.4. The molecule has 1 aromatic heterocycles. The molecule has 0 saturated heterocycles. The van der Waals surface area contributed by atoms with Gasteiger partial charge in [-0.15, -0.1) is 11.3 Å². The lowest BCUT2D eigenvalue weighted by Gasteiger charge is -2.09. The van der Waals surface area contributed by atoms with Crippen LogP contribution < -0.4 is 15.4 Å². The summed E-state index contributed by atoms with van der Waals surface area (Å²) < 4.78 is 5.75. The molecule has 0 aliphatic carbocycles. The monoisotopic (exact) mass is 324 g/mol. The van der Waals surface area contributed by atoms with E-state index < -0.39 is 0 Å². The molecule has 5 heteroatoms. The Balaban J connectivity index is 1.57. The van der Waals surface area contributed by atoms with Gasteiger partial charge < -0.3 is 15.4 Å². The number of carbonyl (C=O) groups excluding carboxylic acids is 1. The average Bonchev–Trinajstić information content (AvgIpc) is 3.08. The van der Waals surface area contributed by atoms with Crippen molar-refractivity contribution in [2.75, 3.05) is 5.32 Å². The Morgan fingerprint density at radius 2 is 1.78 bits per heavy atom. The summed E-state index contributed by atoms with van der Waals surface area (Å²) >= 11 is 1.61. The van der Waals surface area contributed by atoms with Crippen molar-refractivity contribution in [2.45, 2.75) is 6.54 Å². The van der Waals surface area contributed by atoms with E-state index in [1.807, 2.05) is 66.0 Å². The van der Waals surface area contributed by atoms with Crippen LogP contribution in [0.25, 0.3) is 0 Å². The van der Waals surface area contributed by atoms with Crippen LogP contribution in [0.4, 0.5) is 10.5 Å². The van der Waals surface area contributed by atoms with Gasteiger partial charge in [-0.3, -0.25) is 0 Å². The smallest absolute Gasteiger partial charge is 0.319 e. The Morgan fingerprint density at radius 3 is 2.57 bits per heavy atom. The number of anilines is 1. The first-order valence-electron chi connectivity index (χ1n) is 7.20. The van der Waals surface area contributed by atoms with Crippen LogP contribution in [0.5, 0.6) is 11.5 Å². The van der Waals surface area contributed by atoms with Gasteiger partial charge in [-0.25, -0.2) is 4.79 Å². The molecular formula is C18H16N2O2S. The van der Waals surface area contributed by atoms with E-state index in [1.165, 1.54) is 0 Å². The number of rotatable bonds is 5. The van der Waals surface area contributed by atoms with Gasteiger partial charge in [-0.1, -0.05) is 30.3 Å². The molecule has 0 atom stereocenters. The van der Waals surface area contributed by atoms with E-state index in [4.69, 9.17) is 4.74 Å². The molecule has 0 aliphatic rings. The summed E-state index contributed by atoms with van der Waals surface area (Å²) in [5.41, 5.74) is 0.683. The van der Waals surface area contributed by atoms with Gasteiger partial charge >= 0.3 is 6.03 Å². The quantitative estimate of drug-likeness (QED) is 0.704. The van der Waals surface area contributed by atoms with Crippen molar-refractivity contribution in [3.8, 4) is 11.5 Å². The number of para-hydroxylation sites is 1. The number of urea groups is 1. The minimum absolute atomic E-state index is 0.240. The Hall–Kier alpha value is -2.79. The van der Waals surface area contributed by atoms with Crippen LogP contribution in [0.3, 0.4) is 0 Å². The molecule has 0 aliphatic heterocycles. The number of hydrogen-bond donors (Lipinski definition) is 2. The standard InChI is InChI=1S/C18H16N2O2S/c21-18(19-13-17-10-5-11-23-17)20-14-6-4-9-16(12-14)22-15-7-2-1-3-8-15/h1-12H,13H2,(H2,19,20,21). The van der Waals surface area contributed by atoms with E-state index in [-0.39, 0.29) is 6.03 Å². The van der Waals surface area contributed by atoms with Gasteiger partial charge in [0.1, 0.15) is 11.5 Å². The van der Waals surface area contributed by atoms with E-state index in [0.717, 1.165) is 10.6 Å². The lowest BCUT2D eigenvalue weighted by atomic mass is 10.3. The van der Waals surface area contributed by atoms with Crippen molar-refractivity contribution in [1.82, 2.24) is 5.32 Å². The summed E-state index contributed by atoms with van der Waals surface area (Å²) in [5.74, 6) is 1.43. The van der Waals surface area contributed by atoms with Crippen molar-refractivity contribution >= 4 is 23.1 Å². The van der Waals surface area contributed by atoms with Crippen LogP contribution >= 0.6 is 11.3 Å². The number of nitrogens with one attached hydrogen (secondary N) is 2. The maximum Gasteiger partial charge on any atom is 0.319 e. The van der Waals surface area contributed by atoms with E-state index in [1.54, 1.807) is 17.4 Å². The fourth-order valence-corrected chi connectivity index (χ4v) is 2.66. The van der Waals surface area contributed by atoms with E-state index in [0.29, 0.717) is 18.0 Å². The molecule has 0 fully saturated rings. The van der Waals surface area contributed by atoms with Crippen LogP contribution in [0.2, 0.25) is 0 Å². The second-order valence-corrected chi connectivity index (χ2v) is 5.86. The number of ether oxygens (including phenoxy) is 1. The van der Waals surface area contributed by atoms with Crippen molar-refractivity contribution in [2.24, 2.45) is 0 Å². The highest BCUT2D eigenvalue weighted by atomic mass is 32.1. The highest BCUT2D eigenvalue weighted by molar-refractivity contribution is 7.09. The number of thiophene rings is 1. The van der Waals surface area contributed by atoms with E-state index in [2.05, 4.69) is 10.6 Å². The van der Waals surface area contributed by atoms with Crippen LogP contribution in [0.1, 0.15) is 4.88 Å². The summed E-state index contributed by atoms with van der Waals surface area (Å²) in [6, 6.07) is 20.5. The Bertz CT molecular complexity index is 758. The summed E-state index contributed by atoms with van der Waals surface area (Å²) in [6.07, 6.45) is 0. The first-order chi connectivity index (χ1) is 11.3. The third-order valence-electron chi connectivity index (χ3n) is 3.07.